The Hall–Kier alpha value is -1.98. The molecular formula is C17H22F3NO2. The minimum Gasteiger partial charge on any atom is -0.467 e. The van der Waals surface area contributed by atoms with Gasteiger partial charge in [-0.2, -0.15) is 13.2 Å². The standard InChI is InChI=1S/C17H22F3NO2/c1-3-4-5-6-7-11-15(16(22)23-2)21-14-10-8-9-13(12-14)17(18,19)20/h3,8-10,12,15,21H,1,4-7,11H2,2H3. The van der Waals surface area contributed by atoms with Crippen LogP contribution in [0, 0.1) is 0 Å². The van der Waals surface area contributed by atoms with E-state index in [1.807, 2.05) is 6.08 Å². The summed E-state index contributed by atoms with van der Waals surface area (Å²) in [7, 11) is 1.26. The number of carbonyl (C=O) groups is 1. The zero-order valence-electron chi connectivity index (χ0n) is 13.2. The molecule has 1 unspecified atom stereocenters. The van der Waals surface area contributed by atoms with Crippen molar-refractivity contribution < 1.29 is 22.7 Å². The Morgan fingerprint density at radius 2 is 2.09 bits per heavy atom. The lowest BCUT2D eigenvalue weighted by molar-refractivity contribution is -0.141. The number of hydrogen-bond acceptors (Lipinski definition) is 3. The van der Waals surface area contributed by atoms with Crippen LogP contribution in [0.3, 0.4) is 0 Å². The molecule has 6 heteroatoms. The number of hydrogen-bond donors (Lipinski definition) is 1. The molecule has 0 amide bonds. The molecule has 128 valence electrons. The largest absolute Gasteiger partial charge is 0.467 e. The van der Waals surface area contributed by atoms with Gasteiger partial charge in [0.25, 0.3) is 0 Å². The van der Waals surface area contributed by atoms with E-state index in [9.17, 15) is 18.0 Å². The predicted molar refractivity (Wildman–Crippen MR) is 84.2 cm³/mol. The Kier molecular flexibility index (Phi) is 7.65. The molecule has 1 N–H and O–H groups in total. The third-order valence-corrected chi connectivity index (χ3v) is 3.42. The maximum atomic E-state index is 12.7. The summed E-state index contributed by atoms with van der Waals surface area (Å²) in [5, 5.41) is 2.84. The van der Waals surface area contributed by atoms with Gasteiger partial charge in [-0.3, -0.25) is 0 Å². The summed E-state index contributed by atoms with van der Waals surface area (Å²) < 4.78 is 42.9. The maximum absolute atomic E-state index is 12.7. The number of rotatable bonds is 9. The number of benzene rings is 1. The molecule has 1 aromatic carbocycles. The highest BCUT2D eigenvalue weighted by atomic mass is 19.4. The van der Waals surface area contributed by atoms with E-state index in [4.69, 9.17) is 4.74 Å². The van der Waals surface area contributed by atoms with Crippen molar-refractivity contribution in [2.45, 2.75) is 44.3 Å². The van der Waals surface area contributed by atoms with Crippen LogP contribution in [0.2, 0.25) is 0 Å². The Labute approximate surface area is 134 Å². The number of carbonyl (C=O) groups excluding carboxylic acids is 1. The van der Waals surface area contributed by atoms with Crippen molar-refractivity contribution in [1.82, 2.24) is 0 Å². The quantitative estimate of drug-likeness (QED) is 0.402. The molecule has 0 spiro atoms. The van der Waals surface area contributed by atoms with Crippen molar-refractivity contribution in [1.29, 1.82) is 0 Å². The first kappa shape index (κ1) is 19.1. The molecule has 0 aliphatic heterocycles. The van der Waals surface area contributed by atoms with Gasteiger partial charge in [-0.1, -0.05) is 25.0 Å². The normalized spacial score (nSPS) is 12.5. The highest BCUT2D eigenvalue weighted by Crippen LogP contribution is 2.31. The third-order valence-electron chi connectivity index (χ3n) is 3.42. The van der Waals surface area contributed by atoms with Crippen LogP contribution in [0.5, 0.6) is 0 Å². The van der Waals surface area contributed by atoms with Gasteiger partial charge in [0.1, 0.15) is 6.04 Å². The second kappa shape index (κ2) is 9.22. The number of unbranched alkanes of at least 4 members (excludes halogenated alkanes) is 3. The number of halogens is 3. The van der Waals surface area contributed by atoms with Crippen LogP contribution < -0.4 is 5.32 Å². The van der Waals surface area contributed by atoms with Gasteiger partial charge >= 0.3 is 12.1 Å². The fourth-order valence-corrected chi connectivity index (χ4v) is 2.19. The zero-order chi connectivity index (χ0) is 17.3. The van der Waals surface area contributed by atoms with Crippen molar-refractivity contribution in [3.05, 3.63) is 42.5 Å². The monoisotopic (exact) mass is 329 g/mol. The average molecular weight is 329 g/mol. The van der Waals surface area contributed by atoms with E-state index in [1.54, 1.807) is 0 Å². The summed E-state index contributed by atoms with van der Waals surface area (Å²) in [5.41, 5.74) is -0.501. The zero-order valence-corrected chi connectivity index (χ0v) is 13.2. The first-order valence-electron chi connectivity index (χ1n) is 7.51. The smallest absolute Gasteiger partial charge is 0.416 e. The molecule has 0 aliphatic carbocycles. The molecule has 0 fully saturated rings. The Morgan fingerprint density at radius 1 is 1.35 bits per heavy atom. The van der Waals surface area contributed by atoms with E-state index in [1.165, 1.54) is 19.2 Å². The van der Waals surface area contributed by atoms with E-state index < -0.39 is 23.8 Å². The van der Waals surface area contributed by atoms with E-state index in [0.717, 1.165) is 37.8 Å². The van der Waals surface area contributed by atoms with Gasteiger partial charge in [-0.15, -0.1) is 6.58 Å². The molecule has 23 heavy (non-hydrogen) atoms. The second-order valence-corrected chi connectivity index (χ2v) is 5.23. The van der Waals surface area contributed by atoms with Crippen LogP contribution in [0.1, 0.15) is 37.7 Å². The summed E-state index contributed by atoms with van der Waals surface area (Å²) in [6.07, 6.45) is 1.50. The topological polar surface area (TPSA) is 38.3 Å². The molecule has 0 aromatic heterocycles. The predicted octanol–water partition coefficient (Wildman–Crippen LogP) is 4.80. The molecule has 1 atom stereocenters. The van der Waals surface area contributed by atoms with Gasteiger partial charge in [0.15, 0.2) is 0 Å². The van der Waals surface area contributed by atoms with Crippen molar-refractivity contribution in [2.24, 2.45) is 0 Å². The van der Waals surface area contributed by atoms with Gasteiger partial charge in [-0.05, 0) is 37.5 Å². The Bertz CT molecular complexity index is 515. The van der Waals surface area contributed by atoms with Crippen LogP contribution >= 0.6 is 0 Å². The van der Waals surface area contributed by atoms with Crippen molar-refractivity contribution in [3.63, 3.8) is 0 Å². The van der Waals surface area contributed by atoms with E-state index >= 15 is 0 Å². The van der Waals surface area contributed by atoms with Crippen LogP contribution in [-0.4, -0.2) is 19.1 Å². The number of allylic oxidation sites excluding steroid dienone is 1. The van der Waals surface area contributed by atoms with Gasteiger partial charge < -0.3 is 10.1 Å². The van der Waals surface area contributed by atoms with Crippen LogP contribution in [0.25, 0.3) is 0 Å². The lowest BCUT2D eigenvalue weighted by Gasteiger charge is -2.18. The number of methoxy groups -OCH3 is 1. The molecule has 1 rings (SSSR count). The van der Waals surface area contributed by atoms with Crippen LogP contribution in [0.15, 0.2) is 36.9 Å². The number of nitrogens with one attached hydrogen (secondary N) is 1. The molecule has 0 saturated carbocycles. The van der Waals surface area contributed by atoms with Gasteiger partial charge in [0.05, 0.1) is 12.7 Å². The Balaban J connectivity index is 2.69. The minimum absolute atomic E-state index is 0.251. The fourth-order valence-electron chi connectivity index (χ4n) is 2.19. The molecule has 3 nitrogen and oxygen atoms in total. The van der Waals surface area contributed by atoms with Crippen molar-refractivity contribution in [3.8, 4) is 0 Å². The summed E-state index contributed by atoms with van der Waals surface area (Å²) >= 11 is 0. The summed E-state index contributed by atoms with van der Waals surface area (Å²) in [5.74, 6) is -0.480. The average Bonchev–Trinajstić information content (AvgIpc) is 2.52. The van der Waals surface area contributed by atoms with E-state index in [-0.39, 0.29) is 5.69 Å². The van der Waals surface area contributed by atoms with Gasteiger partial charge in [0.2, 0.25) is 0 Å². The molecule has 1 aromatic rings. The first-order chi connectivity index (χ1) is 10.9. The highest BCUT2D eigenvalue weighted by molar-refractivity contribution is 5.79. The number of alkyl halides is 3. The lowest BCUT2D eigenvalue weighted by Crippen LogP contribution is -2.30. The van der Waals surface area contributed by atoms with Crippen LogP contribution in [0.4, 0.5) is 18.9 Å². The second-order valence-electron chi connectivity index (χ2n) is 5.23. The van der Waals surface area contributed by atoms with Crippen LogP contribution in [-0.2, 0) is 15.7 Å². The van der Waals surface area contributed by atoms with Crippen molar-refractivity contribution >= 4 is 11.7 Å². The number of anilines is 1. The minimum atomic E-state index is -4.41. The number of ether oxygens (including phenoxy) is 1. The lowest BCUT2D eigenvalue weighted by atomic mass is 10.1. The first-order valence-corrected chi connectivity index (χ1v) is 7.51. The molecule has 0 bridgehead atoms. The highest BCUT2D eigenvalue weighted by Gasteiger charge is 2.30. The maximum Gasteiger partial charge on any atom is 0.416 e. The molecular weight excluding hydrogens is 307 g/mol. The summed E-state index contributed by atoms with van der Waals surface area (Å²) in [4.78, 5) is 11.8. The molecule has 0 heterocycles. The molecule has 0 saturated heterocycles. The van der Waals surface area contributed by atoms with Gasteiger partial charge in [-0.25, -0.2) is 4.79 Å². The Morgan fingerprint density at radius 3 is 2.70 bits per heavy atom. The third kappa shape index (κ3) is 6.76. The van der Waals surface area contributed by atoms with Crippen molar-refractivity contribution in [2.75, 3.05) is 12.4 Å². The van der Waals surface area contributed by atoms with Gasteiger partial charge in [0, 0.05) is 5.69 Å². The number of esters is 1. The summed E-state index contributed by atoms with van der Waals surface area (Å²) in [6.45, 7) is 3.64. The van der Waals surface area contributed by atoms with E-state index in [0.29, 0.717) is 6.42 Å². The SMILES string of the molecule is C=CCCCCCC(Nc1cccc(C(F)(F)F)c1)C(=O)OC. The molecule has 0 aliphatic rings. The van der Waals surface area contributed by atoms with E-state index in [2.05, 4.69) is 11.9 Å². The summed E-state index contributed by atoms with van der Waals surface area (Å²) in [6, 6.07) is 4.14. The molecule has 0 radical (unpaired) electrons. The fraction of sp³-hybridized carbons (Fsp3) is 0.471.